The van der Waals surface area contributed by atoms with Crippen molar-refractivity contribution in [3.05, 3.63) is 52.1 Å². The van der Waals surface area contributed by atoms with E-state index in [4.69, 9.17) is 23.2 Å². The van der Waals surface area contributed by atoms with E-state index in [2.05, 4.69) is 23.3 Å². The molecule has 0 bridgehead atoms. The fraction of sp³-hybridized carbons (Fsp3) is 0.267. The minimum absolute atomic E-state index is 0.637. The number of aromatic nitrogens is 1. The molecule has 0 aliphatic heterocycles. The summed E-state index contributed by atoms with van der Waals surface area (Å²) in [7, 11) is 0. The van der Waals surface area contributed by atoms with Crippen LogP contribution >= 0.6 is 35.0 Å². The Morgan fingerprint density at radius 1 is 1.20 bits per heavy atom. The fourth-order valence-corrected chi connectivity index (χ4v) is 3.04. The highest BCUT2D eigenvalue weighted by atomic mass is 35.5. The van der Waals surface area contributed by atoms with Crippen LogP contribution in [-0.2, 0) is 6.54 Å². The third kappa shape index (κ3) is 4.38. The van der Waals surface area contributed by atoms with Crippen LogP contribution < -0.4 is 5.32 Å². The highest BCUT2D eigenvalue weighted by molar-refractivity contribution is 7.99. The molecular weight excluding hydrogens is 311 g/mol. The number of hydrogen-bond acceptors (Lipinski definition) is 3. The lowest BCUT2D eigenvalue weighted by Gasteiger charge is -2.11. The second-order valence-corrected chi connectivity index (χ2v) is 6.20. The zero-order chi connectivity index (χ0) is 14.4. The average molecular weight is 327 g/mol. The van der Waals surface area contributed by atoms with Crippen LogP contribution in [0.5, 0.6) is 0 Å². The molecule has 0 saturated carbocycles. The van der Waals surface area contributed by atoms with Gasteiger partial charge in [0.2, 0.25) is 0 Å². The van der Waals surface area contributed by atoms with Crippen LogP contribution in [0.15, 0.2) is 46.5 Å². The largest absolute Gasteiger partial charge is 0.313 e. The normalized spacial score (nSPS) is 10.8. The van der Waals surface area contributed by atoms with E-state index in [1.54, 1.807) is 18.0 Å². The van der Waals surface area contributed by atoms with Crippen molar-refractivity contribution >= 4 is 35.0 Å². The van der Waals surface area contributed by atoms with Crippen LogP contribution in [0.1, 0.15) is 18.9 Å². The number of rotatable bonds is 6. The van der Waals surface area contributed by atoms with Gasteiger partial charge in [-0.3, -0.25) is 0 Å². The SMILES string of the molecule is CCCNCc1cccc(Cl)c1Sc1ccc(Cl)cn1. The predicted octanol–water partition coefficient (Wildman–Crippen LogP) is 5.04. The summed E-state index contributed by atoms with van der Waals surface area (Å²) in [6, 6.07) is 9.71. The van der Waals surface area contributed by atoms with Gasteiger partial charge in [0.1, 0.15) is 5.03 Å². The summed E-state index contributed by atoms with van der Waals surface area (Å²) in [6.07, 6.45) is 2.76. The molecule has 1 heterocycles. The molecule has 2 rings (SSSR count). The third-order valence-electron chi connectivity index (χ3n) is 2.70. The van der Waals surface area contributed by atoms with Gasteiger partial charge in [0.25, 0.3) is 0 Å². The van der Waals surface area contributed by atoms with Crippen molar-refractivity contribution in [2.24, 2.45) is 0 Å². The highest BCUT2D eigenvalue weighted by Gasteiger charge is 2.09. The van der Waals surface area contributed by atoms with Crippen molar-refractivity contribution in [1.82, 2.24) is 10.3 Å². The molecule has 0 saturated heterocycles. The van der Waals surface area contributed by atoms with Gasteiger partial charge in [-0.25, -0.2) is 4.98 Å². The summed E-state index contributed by atoms with van der Waals surface area (Å²) in [5.41, 5.74) is 1.19. The predicted molar refractivity (Wildman–Crippen MR) is 86.8 cm³/mol. The second kappa shape index (κ2) is 7.89. The molecule has 0 fully saturated rings. The second-order valence-electron chi connectivity index (χ2n) is 4.32. The monoisotopic (exact) mass is 326 g/mol. The van der Waals surface area contributed by atoms with Crippen LogP contribution in [-0.4, -0.2) is 11.5 Å². The van der Waals surface area contributed by atoms with E-state index in [9.17, 15) is 0 Å². The van der Waals surface area contributed by atoms with Gasteiger partial charge in [0.05, 0.1) is 10.0 Å². The first kappa shape index (κ1) is 15.6. The van der Waals surface area contributed by atoms with Gasteiger partial charge in [-0.05, 0) is 36.7 Å². The Hall–Kier alpha value is -0.740. The third-order valence-corrected chi connectivity index (χ3v) is 4.49. The first-order chi connectivity index (χ1) is 9.70. The standard InChI is InChI=1S/C15H16Cl2N2S/c1-2-8-18-9-11-4-3-5-13(17)15(11)20-14-7-6-12(16)10-19-14/h3-7,10,18H,2,8-9H2,1H3. The van der Waals surface area contributed by atoms with Gasteiger partial charge in [-0.2, -0.15) is 0 Å². The van der Waals surface area contributed by atoms with Crippen LogP contribution in [0.4, 0.5) is 0 Å². The van der Waals surface area contributed by atoms with Crippen LogP contribution in [0.2, 0.25) is 10.0 Å². The maximum Gasteiger partial charge on any atom is 0.101 e. The Labute approximate surface area is 133 Å². The van der Waals surface area contributed by atoms with E-state index in [-0.39, 0.29) is 0 Å². The average Bonchev–Trinajstić information content (AvgIpc) is 2.45. The molecule has 20 heavy (non-hydrogen) atoms. The van der Waals surface area contributed by atoms with Crippen LogP contribution in [0.3, 0.4) is 0 Å². The molecule has 0 aliphatic carbocycles. The number of nitrogens with zero attached hydrogens (tertiary/aromatic N) is 1. The minimum Gasteiger partial charge on any atom is -0.313 e. The van der Waals surface area contributed by atoms with E-state index in [0.717, 1.165) is 34.5 Å². The quantitative estimate of drug-likeness (QED) is 0.753. The van der Waals surface area contributed by atoms with Gasteiger partial charge < -0.3 is 5.32 Å². The van der Waals surface area contributed by atoms with E-state index < -0.39 is 0 Å². The topological polar surface area (TPSA) is 24.9 Å². The number of hydrogen-bond donors (Lipinski definition) is 1. The molecule has 5 heteroatoms. The molecule has 0 aliphatic rings. The Morgan fingerprint density at radius 2 is 2.05 bits per heavy atom. The number of pyridine rings is 1. The summed E-state index contributed by atoms with van der Waals surface area (Å²) in [6.45, 7) is 3.96. The summed E-state index contributed by atoms with van der Waals surface area (Å²) >= 11 is 13.7. The summed E-state index contributed by atoms with van der Waals surface area (Å²) in [4.78, 5) is 5.35. The maximum atomic E-state index is 6.32. The van der Waals surface area contributed by atoms with Crippen molar-refractivity contribution in [3.8, 4) is 0 Å². The lowest BCUT2D eigenvalue weighted by molar-refractivity contribution is 0.669. The van der Waals surface area contributed by atoms with Crippen molar-refractivity contribution in [3.63, 3.8) is 0 Å². The van der Waals surface area contributed by atoms with E-state index >= 15 is 0 Å². The lowest BCUT2D eigenvalue weighted by atomic mass is 10.2. The van der Waals surface area contributed by atoms with Crippen LogP contribution in [0, 0.1) is 0 Å². The van der Waals surface area contributed by atoms with E-state index in [1.807, 2.05) is 24.3 Å². The first-order valence-electron chi connectivity index (χ1n) is 6.48. The molecule has 2 aromatic rings. The minimum atomic E-state index is 0.637. The van der Waals surface area contributed by atoms with Gasteiger partial charge in [-0.15, -0.1) is 0 Å². The molecule has 106 valence electrons. The van der Waals surface area contributed by atoms with E-state index in [1.165, 1.54) is 5.56 Å². The number of halogens is 2. The summed E-state index contributed by atoms with van der Waals surface area (Å²) in [5.74, 6) is 0. The van der Waals surface area contributed by atoms with Gasteiger partial charge in [0.15, 0.2) is 0 Å². The molecule has 0 amide bonds. The first-order valence-corrected chi connectivity index (χ1v) is 8.05. The Balaban J connectivity index is 2.18. The Morgan fingerprint density at radius 3 is 2.75 bits per heavy atom. The molecule has 0 spiro atoms. The number of nitrogens with one attached hydrogen (secondary N) is 1. The smallest absolute Gasteiger partial charge is 0.101 e. The molecule has 1 aromatic heterocycles. The van der Waals surface area contributed by atoms with Gasteiger partial charge in [0, 0.05) is 17.6 Å². The molecular formula is C15H16Cl2N2S. The maximum absolute atomic E-state index is 6.32. The Bertz CT molecular complexity index is 558. The van der Waals surface area contributed by atoms with E-state index in [0.29, 0.717) is 5.02 Å². The van der Waals surface area contributed by atoms with Crippen molar-refractivity contribution < 1.29 is 0 Å². The van der Waals surface area contributed by atoms with Gasteiger partial charge in [-0.1, -0.05) is 54.0 Å². The fourth-order valence-electron chi connectivity index (χ4n) is 1.73. The molecule has 0 unspecified atom stereocenters. The van der Waals surface area contributed by atoms with Gasteiger partial charge >= 0.3 is 0 Å². The van der Waals surface area contributed by atoms with Crippen molar-refractivity contribution in [2.45, 2.75) is 29.8 Å². The summed E-state index contributed by atoms with van der Waals surface area (Å²) in [5, 5.41) is 5.68. The zero-order valence-electron chi connectivity index (χ0n) is 11.2. The zero-order valence-corrected chi connectivity index (χ0v) is 13.5. The van der Waals surface area contributed by atoms with Crippen LogP contribution in [0.25, 0.3) is 0 Å². The Kier molecular flexibility index (Phi) is 6.17. The molecule has 1 N–H and O–H groups in total. The van der Waals surface area contributed by atoms with Crippen molar-refractivity contribution in [2.75, 3.05) is 6.54 Å². The highest BCUT2D eigenvalue weighted by Crippen LogP contribution is 2.35. The van der Waals surface area contributed by atoms with Crippen molar-refractivity contribution in [1.29, 1.82) is 0 Å². The molecule has 2 nitrogen and oxygen atoms in total. The number of benzene rings is 1. The molecule has 1 aromatic carbocycles. The molecule has 0 atom stereocenters. The summed E-state index contributed by atoms with van der Waals surface area (Å²) < 4.78 is 0. The lowest BCUT2D eigenvalue weighted by Crippen LogP contribution is -2.14. The molecule has 0 radical (unpaired) electrons.